The van der Waals surface area contributed by atoms with Gasteiger partial charge in [-0.25, -0.2) is 0 Å². The SMILES string of the molecule is CC(C)/C(=C\Br)OB(C1CCCCC1)C1CCCCC1. The van der Waals surface area contributed by atoms with Crippen molar-refractivity contribution in [1.29, 1.82) is 0 Å². The fourth-order valence-corrected chi connectivity index (χ4v) is 4.58. The minimum atomic E-state index is 0.474. The van der Waals surface area contributed by atoms with Crippen LogP contribution in [0.4, 0.5) is 0 Å². The van der Waals surface area contributed by atoms with E-state index in [-0.39, 0.29) is 0 Å². The molecular weight excluding hydrogens is 311 g/mol. The van der Waals surface area contributed by atoms with Gasteiger partial charge in [-0.3, -0.25) is 0 Å². The third kappa shape index (κ3) is 4.54. The summed E-state index contributed by atoms with van der Waals surface area (Å²) < 4.78 is 6.55. The summed E-state index contributed by atoms with van der Waals surface area (Å²) in [5.41, 5.74) is 0. The molecule has 0 unspecified atom stereocenters. The smallest absolute Gasteiger partial charge is 0.363 e. The van der Waals surface area contributed by atoms with Gasteiger partial charge in [-0.05, 0) is 11.6 Å². The van der Waals surface area contributed by atoms with Gasteiger partial charge in [0, 0.05) is 10.9 Å². The number of halogens is 1. The summed E-state index contributed by atoms with van der Waals surface area (Å²) in [6, 6.07) is 0. The van der Waals surface area contributed by atoms with Gasteiger partial charge < -0.3 is 4.65 Å². The van der Waals surface area contributed by atoms with Crippen LogP contribution in [0.3, 0.4) is 0 Å². The lowest BCUT2D eigenvalue weighted by Crippen LogP contribution is -2.33. The van der Waals surface area contributed by atoms with Gasteiger partial charge in [0.1, 0.15) is 0 Å². The number of rotatable bonds is 5. The highest BCUT2D eigenvalue weighted by atomic mass is 79.9. The molecule has 1 nitrogen and oxygen atoms in total. The quantitative estimate of drug-likeness (QED) is 0.407. The molecule has 2 fully saturated rings. The fourth-order valence-electron chi connectivity index (χ4n) is 3.95. The first kappa shape index (κ1) is 16.5. The van der Waals surface area contributed by atoms with E-state index >= 15 is 0 Å². The molecule has 2 rings (SSSR count). The second-order valence-electron chi connectivity index (χ2n) is 7.04. The summed E-state index contributed by atoms with van der Waals surface area (Å²) in [6.07, 6.45) is 14.0. The van der Waals surface area contributed by atoms with Crippen LogP contribution in [0.25, 0.3) is 0 Å². The maximum atomic E-state index is 6.55. The number of hydrogen-bond donors (Lipinski definition) is 0. The molecule has 0 spiro atoms. The van der Waals surface area contributed by atoms with Crippen molar-refractivity contribution < 1.29 is 4.65 Å². The van der Waals surface area contributed by atoms with Crippen molar-refractivity contribution in [3.63, 3.8) is 0 Å². The number of allylic oxidation sites excluding steroid dienone is 1. The van der Waals surface area contributed by atoms with Crippen LogP contribution < -0.4 is 0 Å². The second-order valence-corrected chi connectivity index (χ2v) is 7.50. The predicted octanol–water partition coefficient (Wildman–Crippen LogP) is 6.56. The zero-order valence-corrected chi connectivity index (χ0v) is 14.8. The van der Waals surface area contributed by atoms with Crippen molar-refractivity contribution in [2.75, 3.05) is 0 Å². The van der Waals surface area contributed by atoms with Crippen molar-refractivity contribution >= 4 is 22.8 Å². The van der Waals surface area contributed by atoms with E-state index in [0.29, 0.717) is 12.8 Å². The molecule has 0 N–H and O–H groups in total. The minimum absolute atomic E-state index is 0.474. The third-order valence-corrected chi connectivity index (χ3v) is 5.63. The van der Waals surface area contributed by atoms with E-state index < -0.39 is 0 Å². The van der Waals surface area contributed by atoms with E-state index in [1.165, 1.54) is 64.2 Å². The summed E-state index contributed by atoms with van der Waals surface area (Å²) >= 11 is 3.51. The fraction of sp³-hybridized carbons (Fsp3) is 0.882. The Morgan fingerprint density at radius 2 is 1.40 bits per heavy atom. The van der Waals surface area contributed by atoms with E-state index in [9.17, 15) is 0 Å². The van der Waals surface area contributed by atoms with Crippen LogP contribution in [0.2, 0.25) is 11.6 Å². The lowest BCUT2D eigenvalue weighted by atomic mass is 9.41. The van der Waals surface area contributed by atoms with Crippen LogP contribution in [0.1, 0.15) is 78.1 Å². The molecule has 2 saturated carbocycles. The van der Waals surface area contributed by atoms with Crippen molar-refractivity contribution in [2.24, 2.45) is 5.92 Å². The minimum Gasteiger partial charge on any atom is -0.562 e. The Hall–Kier alpha value is 0.0849. The molecule has 114 valence electrons. The van der Waals surface area contributed by atoms with Crippen LogP contribution in [-0.4, -0.2) is 6.92 Å². The standard InChI is InChI=1S/C17H30BBrO/c1-14(2)17(13-19)20-18(15-9-5-3-6-10-15)16-11-7-4-8-12-16/h13-16H,3-12H2,1-2H3/b17-13+. The highest BCUT2D eigenvalue weighted by molar-refractivity contribution is 9.11. The van der Waals surface area contributed by atoms with Gasteiger partial charge in [-0.2, -0.15) is 0 Å². The molecule has 0 saturated heterocycles. The lowest BCUT2D eigenvalue weighted by molar-refractivity contribution is 0.324. The van der Waals surface area contributed by atoms with E-state index in [1.807, 2.05) is 4.99 Å². The lowest BCUT2D eigenvalue weighted by Gasteiger charge is -2.36. The molecule has 0 heterocycles. The monoisotopic (exact) mass is 340 g/mol. The Morgan fingerprint density at radius 3 is 1.75 bits per heavy atom. The van der Waals surface area contributed by atoms with Gasteiger partial charge in [0.2, 0.25) is 0 Å². The Balaban J connectivity index is 2.05. The van der Waals surface area contributed by atoms with Gasteiger partial charge >= 0.3 is 6.92 Å². The van der Waals surface area contributed by atoms with Crippen LogP contribution in [0.5, 0.6) is 0 Å². The summed E-state index contributed by atoms with van der Waals surface area (Å²) in [4.78, 5) is 2.01. The van der Waals surface area contributed by atoms with E-state index in [1.54, 1.807) is 0 Å². The molecule has 0 atom stereocenters. The Kier molecular flexibility index (Phi) is 7.00. The average Bonchev–Trinajstić information content (AvgIpc) is 2.50. The molecule has 0 amide bonds. The molecule has 0 aromatic rings. The van der Waals surface area contributed by atoms with E-state index in [4.69, 9.17) is 4.65 Å². The van der Waals surface area contributed by atoms with E-state index in [0.717, 1.165) is 17.4 Å². The van der Waals surface area contributed by atoms with Crippen molar-refractivity contribution in [3.8, 4) is 0 Å². The molecule has 2 aliphatic rings. The van der Waals surface area contributed by atoms with Crippen molar-refractivity contribution in [2.45, 2.75) is 89.7 Å². The Morgan fingerprint density at radius 1 is 0.950 bits per heavy atom. The first-order valence-corrected chi connectivity index (χ1v) is 9.61. The average molecular weight is 341 g/mol. The van der Waals surface area contributed by atoms with Crippen LogP contribution in [-0.2, 0) is 4.65 Å². The summed E-state index contributed by atoms with van der Waals surface area (Å²) in [6.45, 7) is 4.93. The normalized spacial score (nSPS) is 23.1. The largest absolute Gasteiger partial charge is 0.562 e. The third-order valence-electron chi connectivity index (χ3n) is 5.18. The second kappa shape index (κ2) is 8.51. The van der Waals surface area contributed by atoms with Crippen LogP contribution >= 0.6 is 15.9 Å². The molecule has 0 aromatic heterocycles. The summed E-state index contributed by atoms with van der Waals surface area (Å²) in [5.74, 6) is 3.22. The molecule has 2 aliphatic carbocycles. The molecule has 0 aromatic carbocycles. The Labute approximate surface area is 134 Å². The van der Waals surface area contributed by atoms with Gasteiger partial charge in [0.25, 0.3) is 0 Å². The molecule has 3 heteroatoms. The summed E-state index contributed by atoms with van der Waals surface area (Å²) in [7, 11) is 0. The topological polar surface area (TPSA) is 9.23 Å². The van der Waals surface area contributed by atoms with Gasteiger partial charge in [-0.1, -0.05) is 94.0 Å². The van der Waals surface area contributed by atoms with E-state index in [2.05, 4.69) is 29.8 Å². The van der Waals surface area contributed by atoms with Crippen molar-refractivity contribution in [1.82, 2.24) is 0 Å². The van der Waals surface area contributed by atoms with Crippen LogP contribution in [0, 0.1) is 5.92 Å². The predicted molar refractivity (Wildman–Crippen MR) is 92.4 cm³/mol. The number of hydrogen-bond acceptors (Lipinski definition) is 1. The zero-order chi connectivity index (χ0) is 14.4. The molecular formula is C17H30BBrO. The molecule has 0 bridgehead atoms. The Bertz CT molecular complexity index is 286. The van der Waals surface area contributed by atoms with Gasteiger partial charge in [0.05, 0.1) is 5.76 Å². The van der Waals surface area contributed by atoms with Gasteiger partial charge in [0.15, 0.2) is 0 Å². The van der Waals surface area contributed by atoms with Crippen LogP contribution in [0.15, 0.2) is 10.7 Å². The zero-order valence-electron chi connectivity index (χ0n) is 13.2. The first-order valence-electron chi connectivity index (χ1n) is 8.69. The maximum absolute atomic E-state index is 6.55. The highest BCUT2D eigenvalue weighted by Gasteiger charge is 2.38. The summed E-state index contributed by atoms with van der Waals surface area (Å²) in [5, 5.41) is 0. The molecule has 20 heavy (non-hydrogen) atoms. The molecule has 0 radical (unpaired) electrons. The van der Waals surface area contributed by atoms with Gasteiger partial charge in [-0.15, -0.1) is 0 Å². The molecule has 0 aliphatic heterocycles. The maximum Gasteiger partial charge on any atom is 0.363 e. The van der Waals surface area contributed by atoms with Crippen molar-refractivity contribution in [3.05, 3.63) is 10.7 Å². The highest BCUT2D eigenvalue weighted by Crippen LogP contribution is 2.43. The first-order chi connectivity index (χ1) is 9.72.